The SMILES string of the molecule is COc1cccc(/C=C/C(=O)Nc2ccc(I)cc2)c1. The molecule has 2 aromatic rings. The first kappa shape index (κ1) is 14.6. The largest absolute Gasteiger partial charge is 0.497 e. The third kappa shape index (κ3) is 4.38. The molecule has 3 nitrogen and oxygen atoms in total. The van der Waals surface area contributed by atoms with E-state index in [2.05, 4.69) is 27.9 Å². The van der Waals surface area contributed by atoms with Crippen LogP contribution in [0.25, 0.3) is 6.08 Å². The van der Waals surface area contributed by atoms with Crippen molar-refractivity contribution < 1.29 is 9.53 Å². The summed E-state index contributed by atoms with van der Waals surface area (Å²) < 4.78 is 6.27. The average molecular weight is 379 g/mol. The minimum absolute atomic E-state index is 0.158. The Morgan fingerprint density at radius 1 is 1.20 bits per heavy atom. The van der Waals surface area contributed by atoms with Gasteiger partial charge in [0.25, 0.3) is 0 Å². The molecule has 2 rings (SSSR count). The molecule has 0 aliphatic carbocycles. The molecule has 0 unspecified atom stereocenters. The smallest absolute Gasteiger partial charge is 0.248 e. The monoisotopic (exact) mass is 379 g/mol. The molecule has 0 saturated heterocycles. The lowest BCUT2D eigenvalue weighted by Gasteiger charge is -2.02. The highest BCUT2D eigenvalue weighted by molar-refractivity contribution is 14.1. The minimum Gasteiger partial charge on any atom is -0.497 e. The zero-order chi connectivity index (χ0) is 14.4. The van der Waals surface area contributed by atoms with Gasteiger partial charge in [-0.25, -0.2) is 0 Å². The van der Waals surface area contributed by atoms with Crippen molar-refractivity contribution in [2.24, 2.45) is 0 Å². The number of methoxy groups -OCH3 is 1. The number of anilines is 1. The van der Waals surface area contributed by atoms with E-state index in [1.807, 2.05) is 48.5 Å². The number of hydrogen-bond acceptors (Lipinski definition) is 2. The number of benzene rings is 2. The predicted octanol–water partition coefficient (Wildman–Crippen LogP) is 3.95. The summed E-state index contributed by atoms with van der Waals surface area (Å²) in [5, 5.41) is 2.81. The number of ether oxygens (including phenoxy) is 1. The molecular formula is C16H14INO2. The van der Waals surface area contributed by atoms with Gasteiger partial charge >= 0.3 is 0 Å². The van der Waals surface area contributed by atoms with Gasteiger partial charge in [-0.05, 0) is 70.6 Å². The van der Waals surface area contributed by atoms with Crippen molar-refractivity contribution in [3.63, 3.8) is 0 Å². The van der Waals surface area contributed by atoms with Crippen molar-refractivity contribution in [2.45, 2.75) is 0 Å². The molecule has 20 heavy (non-hydrogen) atoms. The lowest BCUT2D eigenvalue weighted by atomic mass is 10.2. The van der Waals surface area contributed by atoms with Crippen LogP contribution in [-0.4, -0.2) is 13.0 Å². The number of carbonyl (C=O) groups excluding carboxylic acids is 1. The summed E-state index contributed by atoms with van der Waals surface area (Å²) >= 11 is 2.22. The van der Waals surface area contributed by atoms with E-state index in [0.29, 0.717) is 0 Å². The molecule has 4 heteroatoms. The van der Waals surface area contributed by atoms with Gasteiger partial charge in [0, 0.05) is 15.3 Å². The van der Waals surface area contributed by atoms with Crippen molar-refractivity contribution in [3.05, 3.63) is 63.7 Å². The summed E-state index contributed by atoms with van der Waals surface area (Å²) in [6.07, 6.45) is 3.26. The fourth-order valence-corrected chi connectivity index (χ4v) is 1.99. The molecule has 0 spiro atoms. The molecule has 0 aliphatic rings. The van der Waals surface area contributed by atoms with Crippen LogP contribution < -0.4 is 10.1 Å². The number of hydrogen-bond donors (Lipinski definition) is 1. The van der Waals surface area contributed by atoms with Crippen LogP contribution in [0.2, 0.25) is 0 Å². The second-order valence-corrected chi connectivity index (χ2v) is 5.35. The Bertz CT molecular complexity index is 621. The number of amides is 1. The van der Waals surface area contributed by atoms with Crippen LogP contribution in [-0.2, 0) is 4.79 Å². The van der Waals surface area contributed by atoms with Gasteiger partial charge in [-0.3, -0.25) is 4.79 Å². The summed E-state index contributed by atoms with van der Waals surface area (Å²) in [6.45, 7) is 0. The topological polar surface area (TPSA) is 38.3 Å². The molecule has 1 N–H and O–H groups in total. The number of carbonyl (C=O) groups is 1. The fraction of sp³-hybridized carbons (Fsp3) is 0.0625. The van der Waals surface area contributed by atoms with E-state index in [0.717, 1.165) is 20.6 Å². The van der Waals surface area contributed by atoms with E-state index in [1.54, 1.807) is 13.2 Å². The molecule has 2 aromatic carbocycles. The third-order valence-electron chi connectivity index (χ3n) is 2.63. The van der Waals surface area contributed by atoms with Crippen molar-refractivity contribution >= 4 is 40.3 Å². The maximum atomic E-state index is 11.8. The molecule has 102 valence electrons. The van der Waals surface area contributed by atoms with E-state index in [9.17, 15) is 4.79 Å². The third-order valence-corrected chi connectivity index (χ3v) is 3.35. The van der Waals surface area contributed by atoms with E-state index in [4.69, 9.17) is 4.74 Å². The van der Waals surface area contributed by atoms with Gasteiger partial charge in [0.2, 0.25) is 5.91 Å². The Balaban J connectivity index is 1.99. The molecule has 0 bridgehead atoms. The Hall–Kier alpha value is -1.82. The van der Waals surface area contributed by atoms with Gasteiger partial charge in [-0.2, -0.15) is 0 Å². The van der Waals surface area contributed by atoms with Gasteiger partial charge in [0.05, 0.1) is 7.11 Å². The summed E-state index contributed by atoms with van der Waals surface area (Å²) in [4.78, 5) is 11.8. The first-order valence-electron chi connectivity index (χ1n) is 6.06. The van der Waals surface area contributed by atoms with Gasteiger partial charge < -0.3 is 10.1 Å². The van der Waals surface area contributed by atoms with Crippen LogP contribution >= 0.6 is 22.6 Å². The van der Waals surface area contributed by atoms with E-state index < -0.39 is 0 Å². The highest BCUT2D eigenvalue weighted by Crippen LogP contribution is 2.14. The minimum atomic E-state index is -0.158. The summed E-state index contributed by atoms with van der Waals surface area (Å²) in [6, 6.07) is 15.2. The number of rotatable bonds is 4. The zero-order valence-corrected chi connectivity index (χ0v) is 13.1. The summed E-state index contributed by atoms with van der Waals surface area (Å²) in [5.41, 5.74) is 1.70. The molecule has 0 heterocycles. The van der Waals surface area contributed by atoms with Crippen molar-refractivity contribution in [1.29, 1.82) is 0 Å². The molecule has 0 atom stereocenters. The Morgan fingerprint density at radius 3 is 2.65 bits per heavy atom. The van der Waals surface area contributed by atoms with Gasteiger partial charge in [-0.1, -0.05) is 12.1 Å². The van der Waals surface area contributed by atoms with Crippen molar-refractivity contribution in [3.8, 4) is 5.75 Å². The predicted molar refractivity (Wildman–Crippen MR) is 89.8 cm³/mol. The first-order valence-corrected chi connectivity index (χ1v) is 7.14. The highest BCUT2D eigenvalue weighted by Gasteiger charge is 1.98. The van der Waals surface area contributed by atoms with Crippen LogP contribution in [0.5, 0.6) is 5.75 Å². The lowest BCUT2D eigenvalue weighted by Crippen LogP contribution is -2.07. The quantitative estimate of drug-likeness (QED) is 0.646. The van der Waals surface area contributed by atoms with Gasteiger partial charge in [-0.15, -0.1) is 0 Å². The molecule has 1 amide bonds. The summed E-state index contributed by atoms with van der Waals surface area (Å²) in [7, 11) is 1.62. The Kier molecular flexibility index (Phi) is 5.17. The maximum Gasteiger partial charge on any atom is 0.248 e. The highest BCUT2D eigenvalue weighted by atomic mass is 127. The second-order valence-electron chi connectivity index (χ2n) is 4.11. The molecule has 0 aliphatic heterocycles. The van der Waals surface area contributed by atoms with E-state index in [1.165, 1.54) is 6.08 Å². The van der Waals surface area contributed by atoms with Crippen LogP contribution in [0.4, 0.5) is 5.69 Å². The van der Waals surface area contributed by atoms with Crippen molar-refractivity contribution in [2.75, 3.05) is 12.4 Å². The van der Waals surface area contributed by atoms with E-state index >= 15 is 0 Å². The molecule has 0 fully saturated rings. The summed E-state index contributed by atoms with van der Waals surface area (Å²) in [5.74, 6) is 0.610. The van der Waals surface area contributed by atoms with E-state index in [-0.39, 0.29) is 5.91 Å². The first-order chi connectivity index (χ1) is 9.67. The molecule has 0 aromatic heterocycles. The fourth-order valence-electron chi connectivity index (χ4n) is 1.63. The normalized spacial score (nSPS) is 10.5. The van der Waals surface area contributed by atoms with Crippen LogP contribution in [0, 0.1) is 3.57 Å². The van der Waals surface area contributed by atoms with Crippen LogP contribution in [0.3, 0.4) is 0 Å². The molecule has 0 radical (unpaired) electrons. The lowest BCUT2D eigenvalue weighted by molar-refractivity contribution is -0.111. The Labute approximate surface area is 131 Å². The van der Waals surface area contributed by atoms with Gasteiger partial charge in [0.15, 0.2) is 0 Å². The number of nitrogens with one attached hydrogen (secondary N) is 1. The standard InChI is InChI=1S/C16H14INO2/c1-20-15-4-2-3-12(11-15)5-10-16(19)18-14-8-6-13(17)7-9-14/h2-11H,1H3,(H,18,19)/b10-5+. The number of halogens is 1. The second kappa shape index (κ2) is 7.09. The molecular weight excluding hydrogens is 365 g/mol. The maximum absolute atomic E-state index is 11.8. The zero-order valence-electron chi connectivity index (χ0n) is 11.0. The molecule has 0 saturated carbocycles. The Morgan fingerprint density at radius 2 is 1.95 bits per heavy atom. The van der Waals surface area contributed by atoms with Crippen LogP contribution in [0.15, 0.2) is 54.6 Å². The van der Waals surface area contributed by atoms with Crippen molar-refractivity contribution in [1.82, 2.24) is 0 Å². The van der Waals surface area contributed by atoms with Gasteiger partial charge in [0.1, 0.15) is 5.75 Å². The van der Waals surface area contributed by atoms with Crippen LogP contribution in [0.1, 0.15) is 5.56 Å². The average Bonchev–Trinajstić information content (AvgIpc) is 2.48.